The maximum atomic E-state index is 13.5. The number of hydrogen-bond acceptors (Lipinski definition) is 1. The van der Waals surface area contributed by atoms with Gasteiger partial charge < -0.3 is 5.73 Å². The molecule has 0 spiro atoms. The molecule has 82 valence electrons. The van der Waals surface area contributed by atoms with Crippen molar-refractivity contribution >= 4 is 0 Å². The Morgan fingerprint density at radius 3 is 2.40 bits per heavy atom. The van der Waals surface area contributed by atoms with Crippen LogP contribution in [0.2, 0.25) is 0 Å². The van der Waals surface area contributed by atoms with E-state index in [1.807, 2.05) is 12.1 Å². The molecule has 0 radical (unpaired) electrons. The predicted octanol–water partition coefficient (Wildman–Crippen LogP) is 2.90. The lowest BCUT2D eigenvalue weighted by atomic mass is 9.76. The first-order chi connectivity index (χ1) is 6.87. The summed E-state index contributed by atoms with van der Waals surface area (Å²) in [5.74, 6) is -0.134. The molecule has 0 bridgehead atoms. The van der Waals surface area contributed by atoms with Crippen LogP contribution in [0.4, 0.5) is 4.39 Å². The molecule has 0 unspecified atom stereocenters. The minimum atomic E-state index is -0.137. The maximum absolute atomic E-state index is 13.5. The molecule has 15 heavy (non-hydrogen) atoms. The maximum Gasteiger partial charge on any atom is 0.126 e. The van der Waals surface area contributed by atoms with Crippen LogP contribution in [0.5, 0.6) is 0 Å². The first-order valence-corrected chi connectivity index (χ1v) is 5.42. The fourth-order valence-electron chi connectivity index (χ4n) is 2.03. The van der Waals surface area contributed by atoms with Crippen LogP contribution in [-0.4, -0.2) is 5.54 Å². The van der Waals surface area contributed by atoms with Crippen molar-refractivity contribution in [3.63, 3.8) is 0 Å². The fourth-order valence-corrected chi connectivity index (χ4v) is 2.03. The molecule has 0 atom stereocenters. The number of benzene rings is 1. The SMILES string of the molecule is Cc1ccc(C(C)(C)C2(N)CC2)cc1F. The van der Waals surface area contributed by atoms with Gasteiger partial charge in [0.25, 0.3) is 0 Å². The van der Waals surface area contributed by atoms with E-state index in [1.54, 1.807) is 13.0 Å². The van der Waals surface area contributed by atoms with Crippen LogP contribution in [0, 0.1) is 12.7 Å². The molecule has 1 aromatic rings. The Bertz CT molecular complexity index is 392. The second kappa shape index (κ2) is 3.05. The van der Waals surface area contributed by atoms with Gasteiger partial charge in [0.2, 0.25) is 0 Å². The zero-order valence-electron chi connectivity index (χ0n) is 9.60. The molecule has 2 rings (SSSR count). The summed E-state index contributed by atoms with van der Waals surface area (Å²) in [5, 5.41) is 0. The highest BCUT2D eigenvalue weighted by Gasteiger charge is 2.51. The molecule has 1 aliphatic carbocycles. The second-order valence-electron chi connectivity index (χ2n) is 5.25. The lowest BCUT2D eigenvalue weighted by Gasteiger charge is -2.32. The van der Waals surface area contributed by atoms with E-state index >= 15 is 0 Å². The summed E-state index contributed by atoms with van der Waals surface area (Å²) in [7, 11) is 0. The third kappa shape index (κ3) is 1.57. The summed E-state index contributed by atoms with van der Waals surface area (Å²) >= 11 is 0. The minimum absolute atomic E-state index is 0.130. The summed E-state index contributed by atoms with van der Waals surface area (Å²) in [6.45, 7) is 5.98. The summed E-state index contributed by atoms with van der Waals surface area (Å²) in [6, 6.07) is 5.45. The molecule has 0 aromatic heterocycles. The van der Waals surface area contributed by atoms with E-state index in [9.17, 15) is 4.39 Å². The zero-order valence-corrected chi connectivity index (χ0v) is 9.60. The van der Waals surface area contributed by atoms with Crippen molar-refractivity contribution in [3.05, 3.63) is 35.1 Å². The number of aryl methyl sites for hydroxylation is 1. The van der Waals surface area contributed by atoms with Gasteiger partial charge in [-0.3, -0.25) is 0 Å². The van der Waals surface area contributed by atoms with Gasteiger partial charge in [-0.2, -0.15) is 0 Å². The first kappa shape index (κ1) is 10.6. The van der Waals surface area contributed by atoms with Crippen molar-refractivity contribution < 1.29 is 4.39 Å². The molecule has 0 heterocycles. The largest absolute Gasteiger partial charge is 0.324 e. The molecule has 2 heteroatoms. The van der Waals surface area contributed by atoms with E-state index in [-0.39, 0.29) is 16.8 Å². The zero-order chi connectivity index (χ0) is 11.3. The van der Waals surface area contributed by atoms with Gasteiger partial charge in [0.15, 0.2) is 0 Å². The highest BCUT2D eigenvalue weighted by atomic mass is 19.1. The lowest BCUT2D eigenvalue weighted by molar-refractivity contribution is 0.389. The van der Waals surface area contributed by atoms with E-state index in [4.69, 9.17) is 5.73 Å². The predicted molar refractivity (Wildman–Crippen MR) is 60.3 cm³/mol. The van der Waals surface area contributed by atoms with Crippen LogP contribution < -0.4 is 5.73 Å². The molecular formula is C13H18FN. The molecule has 1 saturated carbocycles. The third-order valence-electron chi connectivity index (χ3n) is 3.93. The van der Waals surface area contributed by atoms with E-state index in [1.165, 1.54) is 0 Å². The van der Waals surface area contributed by atoms with Gasteiger partial charge in [-0.05, 0) is 37.0 Å². The number of halogens is 1. The van der Waals surface area contributed by atoms with Crippen LogP contribution in [-0.2, 0) is 5.41 Å². The smallest absolute Gasteiger partial charge is 0.126 e. The van der Waals surface area contributed by atoms with Crippen LogP contribution in [0.25, 0.3) is 0 Å². The average Bonchev–Trinajstić information content (AvgIpc) is 2.90. The molecule has 0 aliphatic heterocycles. The number of nitrogens with two attached hydrogens (primary N) is 1. The molecule has 1 fully saturated rings. The van der Waals surface area contributed by atoms with E-state index in [0.29, 0.717) is 5.56 Å². The highest BCUT2D eigenvalue weighted by Crippen LogP contribution is 2.49. The lowest BCUT2D eigenvalue weighted by Crippen LogP contribution is -2.43. The average molecular weight is 207 g/mol. The Morgan fingerprint density at radius 2 is 1.93 bits per heavy atom. The van der Waals surface area contributed by atoms with Crippen molar-refractivity contribution in [3.8, 4) is 0 Å². The van der Waals surface area contributed by atoms with Crippen molar-refractivity contribution in [2.24, 2.45) is 5.73 Å². The monoisotopic (exact) mass is 207 g/mol. The Labute approximate surface area is 90.5 Å². The quantitative estimate of drug-likeness (QED) is 0.792. The van der Waals surface area contributed by atoms with Crippen LogP contribution in [0.1, 0.15) is 37.8 Å². The van der Waals surface area contributed by atoms with Gasteiger partial charge >= 0.3 is 0 Å². The molecule has 1 aliphatic rings. The fraction of sp³-hybridized carbons (Fsp3) is 0.538. The van der Waals surface area contributed by atoms with Crippen LogP contribution in [0.15, 0.2) is 18.2 Å². The number of rotatable bonds is 2. The Morgan fingerprint density at radius 1 is 1.33 bits per heavy atom. The Kier molecular flexibility index (Phi) is 2.16. The molecular weight excluding hydrogens is 189 g/mol. The van der Waals surface area contributed by atoms with Crippen molar-refractivity contribution in [2.45, 2.75) is 44.6 Å². The summed E-state index contributed by atoms with van der Waals surface area (Å²) in [6.07, 6.45) is 2.07. The standard InChI is InChI=1S/C13H18FN/c1-9-4-5-10(8-11(9)14)12(2,3)13(15)6-7-13/h4-5,8H,6-7,15H2,1-3H3. The van der Waals surface area contributed by atoms with Crippen LogP contribution in [0.3, 0.4) is 0 Å². The van der Waals surface area contributed by atoms with Crippen LogP contribution >= 0.6 is 0 Å². The Balaban J connectivity index is 2.41. The highest BCUT2D eigenvalue weighted by molar-refractivity contribution is 5.35. The van der Waals surface area contributed by atoms with Gasteiger partial charge in [0.05, 0.1) is 0 Å². The van der Waals surface area contributed by atoms with E-state index < -0.39 is 0 Å². The van der Waals surface area contributed by atoms with E-state index in [2.05, 4.69) is 13.8 Å². The Hall–Kier alpha value is -0.890. The van der Waals surface area contributed by atoms with Gasteiger partial charge in [-0.15, -0.1) is 0 Å². The summed E-state index contributed by atoms with van der Waals surface area (Å²) in [4.78, 5) is 0. The molecule has 1 nitrogen and oxygen atoms in total. The van der Waals surface area contributed by atoms with E-state index in [0.717, 1.165) is 18.4 Å². The topological polar surface area (TPSA) is 26.0 Å². The molecule has 0 amide bonds. The van der Waals surface area contributed by atoms with Crippen molar-refractivity contribution in [1.82, 2.24) is 0 Å². The summed E-state index contributed by atoms with van der Waals surface area (Å²) in [5.41, 5.74) is 7.65. The number of hydrogen-bond donors (Lipinski definition) is 1. The first-order valence-electron chi connectivity index (χ1n) is 5.42. The summed E-state index contributed by atoms with van der Waals surface area (Å²) < 4.78 is 13.5. The minimum Gasteiger partial charge on any atom is -0.324 e. The molecule has 2 N–H and O–H groups in total. The van der Waals surface area contributed by atoms with Gasteiger partial charge in [-0.25, -0.2) is 4.39 Å². The van der Waals surface area contributed by atoms with Gasteiger partial charge in [-0.1, -0.05) is 26.0 Å². The normalized spacial score (nSPS) is 19.0. The van der Waals surface area contributed by atoms with Crippen molar-refractivity contribution in [1.29, 1.82) is 0 Å². The van der Waals surface area contributed by atoms with Gasteiger partial charge in [0.1, 0.15) is 5.82 Å². The molecule has 1 aromatic carbocycles. The van der Waals surface area contributed by atoms with Crippen molar-refractivity contribution in [2.75, 3.05) is 0 Å². The van der Waals surface area contributed by atoms with Gasteiger partial charge in [0, 0.05) is 11.0 Å². The second-order valence-corrected chi connectivity index (χ2v) is 5.25. The molecule has 0 saturated heterocycles. The third-order valence-corrected chi connectivity index (χ3v) is 3.93.